The minimum atomic E-state index is -0.191. The Kier molecular flexibility index (Phi) is 4.02. The normalized spacial score (nSPS) is 9.65. The lowest BCUT2D eigenvalue weighted by Crippen LogP contribution is -2.16. The van der Waals surface area contributed by atoms with Gasteiger partial charge in [0.1, 0.15) is 0 Å². The zero-order valence-corrected chi connectivity index (χ0v) is 11.4. The number of hydrogen-bond acceptors (Lipinski definition) is 3. The van der Waals surface area contributed by atoms with Crippen LogP contribution < -0.4 is 10.2 Å². The van der Waals surface area contributed by atoms with Gasteiger partial charge in [0.05, 0.1) is 23.0 Å². The molecule has 0 aromatic heterocycles. The van der Waals surface area contributed by atoms with Crippen molar-refractivity contribution in [2.45, 2.75) is 0 Å². The molecule has 0 saturated carbocycles. The van der Waals surface area contributed by atoms with Crippen LogP contribution in [0.2, 0.25) is 0 Å². The third-order valence-corrected chi connectivity index (χ3v) is 2.91. The Balaban J connectivity index is 2.21. The molecule has 20 heavy (non-hydrogen) atoms. The Morgan fingerprint density at radius 3 is 2.35 bits per heavy atom. The Morgan fingerprint density at radius 2 is 1.75 bits per heavy atom. The van der Waals surface area contributed by atoms with Gasteiger partial charge in [0.15, 0.2) is 0 Å². The zero-order valence-electron chi connectivity index (χ0n) is 11.4. The van der Waals surface area contributed by atoms with Gasteiger partial charge < -0.3 is 10.2 Å². The first kappa shape index (κ1) is 13.6. The van der Waals surface area contributed by atoms with E-state index in [2.05, 4.69) is 5.32 Å². The highest BCUT2D eigenvalue weighted by molar-refractivity contribution is 6.05. The van der Waals surface area contributed by atoms with Gasteiger partial charge in [0.2, 0.25) is 0 Å². The second-order valence-corrected chi connectivity index (χ2v) is 4.55. The van der Waals surface area contributed by atoms with E-state index in [1.165, 1.54) is 0 Å². The third kappa shape index (κ3) is 2.96. The third-order valence-electron chi connectivity index (χ3n) is 2.91. The molecular weight excluding hydrogens is 250 g/mol. The van der Waals surface area contributed by atoms with E-state index in [0.717, 1.165) is 11.4 Å². The Morgan fingerprint density at radius 1 is 1.10 bits per heavy atom. The van der Waals surface area contributed by atoms with Gasteiger partial charge in [-0.1, -0.05) is 12.1 Å². The van der Waals surface area contributed by atoms with Crippen LogP contribution in [0.4, 0.5) is 11.4 Å². The molecule has 0 aliphatic rings. The molecule has 1 N–H and O–H groups in total. The first-order chi connectivity index (χ1) is 9.61. The van der Waals surface area contributed by atoms with E-state index < -0.39 is 0 Å². The second kappa shape index (κ2) is 5.89. The number of nitriles is 1. The smallest absolute Gasteiger partial charge is 0.255 e. The number of para-hydroxylation sites is 2. The average molecular weight is 265 g/mol. The summed E-state index contributed by atoms with van der Waals surface area (Å²) in [5.41, 5.74) is 2.76. The number of rotatable bonds is 3. The van der Waals surface area contributed by atoms with E-state index in [1.54, 1.807) is 24.3 Å². The van der Waals surface area contributed by atoms with Gasteiger partial charge in [0.25, 0.3) is 5.91 Å². The molecule has 0 fully saturated rings. The quantitative estimate of drug-likeness (QED) is 0.928. The maximum Gasteiger partial charge on any atom is 0.255 e. The Bertz CT molecular complexity index is 654. The highest BCUT2D eigenvalue weighted by Gasteiger charge is 2.09. The molecule has 0 bridgehead atoms. The fourth-order valence-electron chi connectivity index (χ4n) is 1.86. The van der Waals surface area contributed by atoms with Gasteiger partial charge in [0, 0.05) is 19.7 Å². The summed E-state index contributed by atoms with van der Waals surface area (Å²) in [4.78, 5) is 14.1. The fraction of sp³-hybridized carbons (Fsp3) is 0.125. The van der Waals surface area contributed by atoms with E-state index in [1.807, 2.05) is 49.3 Å². The van der Waals surface area contributed by atoms with E-state index >= 15 is 0 Å². The molecule has 2 rings (SSSR count). The van der Waals surface area contributed by atoms with Crippen LogP contribution in [-0.4, -0.2) is 20.0 Å². The van der Waals surface area contributed by atoms with Crippen molar-refractivity contribution < 1.29 is 4.79 Å². The Hall–Kier alpha value is -2.80. The minimum absolute atomic E-state index is 0.191. The molecule has 1 amide bonds. The van der Waals surface area contributed by atoms with Crippen molar-refractivity contribution >= 4 is 17.3 Å². The van der Waals surface area contributed by atoms with Gasteiger partial charge in [-0.25, -0.2) is 0 Å². The van der Waals surface area contributed by atoms with Crippen molar-refractivity contribution in [3.63, 3.8) is 0 Å². The number of benzene rings is 2. The topological polar surface area (TPSA) is 56.1 Å². The van der Waals surface area contributed by atoms with Crippen molar-refractivity contribution in [1.82, 2.24) is 0 Å². The summed E-state index contributed by atoms with van der Waals surface area (Å²) in [7, 11) is 3.85. The molecule has 0 saturated heterocycles. The largest absolute Gasteiger partial charge is 0.376 e. The lowest BCUT2D eigenvalue weighted by atomic mass is 10.1. The number of hydrogen-bond donors (Lipinski definition) is 1. The lowest BCUT2D eigenvalue weighted by Gasteiger charge is -2.17. The number of carbonyl (C=O) groups excluding carboxylic acids is 1. The molecule has 4 nitrogen and oxygen atoms in total. The molecule has 0 heterocycles. The monoisotopic (exact) mass is 265 g/mol. The number of carbonyl (C=O) groups is 1. The first-order valence-corrected chi connectivity index (χ1v) is 6.19. The molecule has 100 valence electrons. The summed E-state index contributed by atoms with van der Waals surface area (Å²) in [5, 5.41) is 11.6. The summed E-state index contributed by atoms with van der Waals surface area (Å²) in [6, 6.07) is 16.2. The number of amides is 1. The molecule has 0 aliphatic heterocycles. The van der Waals surface area contributed by atoms with Crippen LogP contribution in [-0.2, 0) is 0 Å². The van der Waals surface area contributed by atoms with Crippen molar-refractivity contribution in [3.05, 3.63) is 59.7 Å². The summed E-state index contributed by atoms with van der Waals surface area (Å²) in [5.74, 6) is -0.191. The first-order valence-electron chi connectivity index (χ1n) is 6.19. The molecule has 2 aromatic carbocycles. The predicted molar refractivity (Wildman–Crippen MR) is 79.9 cm³/mol. The van der Waals surface area contributed by atoms with Crippen LogP contribution in [0.25, 0.3) is 0 Å². The van der Waals surface area contributed by atoms with Gasteiger partial charge in [-0.05, 0) is 36.4 Å². The van der Waals surface area contributed by atoms with Gasteiger partial charge in [-0.3, -0.25) is 4.79 Å². The summed E-state index contributed by atoms with van der Waals surface area (Å²) < 4.78 is 0. The molecule has 0 atom stereocenters. The minimum Gasteiger partial charge on any atom is -0.376 e. The standard InChI is InChI=1S/C16H15N3O/c1-19(2)15-6-4-3-5-14(15)18-16(20)13-9-7-12(11-17)8-10-13/h3-10H,1-2H3,(H,18,20). The highest BCUT2D eigenvalue weighted by Crippen LogP contribution is 2.24. The van der Waals surface area contributed by atoms with Crippen molar-refractivity contribution in [2.24, 2.45) is 0 Å². The maximum absolute atomic E-state index is 12.2. The van der Waals surface area contributed by atoms with Crippen LogP contribution in [0.15, 0.2) is 48.5 Å². The number of anilines is 2. The molecule has 0 aliphatic carbocycles. The SMILES string of the molecule is CN(C)c1ccccc1NC(=O)c1ccc(C#N)cc1. The predicted octanol–water partition coefficient (Wildman–Crippen LogP) is 2.88. The second-order valence-electron chi connectivity index (χ2n) is 4.55. The fourth-order valence-corrected chi connectivity index (χ4v) is 1.86. The van der Waals surface area contributed by atoms with E-state index in [4.69, 9.17) is 5.26 Å². The summed E-state index contributed by atoms with van der Waals surface area (Å²) in [6.07, 6.45) is 0. The van der Waals surface area contributed by atoms with Crippen LogP contribution in [0.5, 0.6) is 0 Å². The van der Waals surface area contributed by atoms with E-state index in [9.17, 15) is 4.79 Å². The number of nitrogens with zero attached hydrogens (tertiary/aromatic N) is 2. The summed E-state index contributed by atoms with van der Waals surface area (Å²) >= 11 is 0. The number of nitrogens with one attached hydrogen (secondary N) is 1. The van der Waals surface area contributed by atoms with E-state index in [-0.39, 0.29) is 5.91 Å². The maximum atomic E-state index is 12.2. The highest BCUT2D eigenvalue weighted by atomic mass is 16.1. The summed E-state index contributed by atoms with van der Waals surface area (Å²) in [6.45, 7) is 0. The molecule has 2 aromatic rings. The van der Waals surface area contributed by atoms with Crippen molar-refractivity contribution in [1.29, 1.82) is 5.26 Å². The van der Waals surface area contributed by atoms with Crippen LogP contribution in [0.1, 0.15) is 15.9 Å². The molecular formula is C16H15N3O. The molecule has 4 heteroatoms. The molecule has 0 spiro atoms. The van der Waals surface area contributed by atoms with Gasteiger partial charge in [-0.15, -0.1) is 0 Å². The molecule has 0 radical (unpaired) electrons. The van der Waals surface area contributed by atoms with Crippen LogP contribution in [0.3, 0.4) is 0 Å². The van der Waals surface area contributed by atoms with Crippen molar-refractivity contribution in [3.8, 4) is 6.07 Å². The lowest BCUT2D eigenvalue weighted by molar-refractivity contribution is 0.102. The van der Waals surface area contributed by atoms with Gasteiger partial charge >= 0.3 is 0 Å². The van der Waals surface area contributed by atoms with Crippen LogP contribution in [0, 0.1) is 11.3 Å². The van der Waals surface area contributed by atoms with E-state index in [0.29, 0.717) is 11.1 Å². The van der Waals surface area contributed by atoms with Gasteiger partial charge in [-0.2, -0.15) is 5.26 Å². The Labute approximate surface area is 118 Å². The zero-order chi connectivity index (χ0) is 14.5. The van der Waals surface area contributed by atoms with Crippen molar-refractivity contribution in [2.75, 3.05) is 24.3 Å². The average Bonchev–Trinajstić information content (AvgIpc) is 2.47. The van der Waals surface area contributed by atoms with Crippen LogP contribution >= 0.6 is 0 Å². The molecule has 0 unspecified atom stereocenters.